The minimum absolute atomic E-state index is 0.319. The minimum Gasteiger partial charge on any atom is -0.457 e. The van der Waals surface area contributed by atoms with Crippen molar-refractivity contribution in [1.82, 2.24) is 0 Å². The molecule has 5 rings (SSSR count). The molecule has 0 radical (unpaired) electrons. The van der Waals surface area contributed by atoms with E-state index in [-0.39, 0.29) is 0 Å². The first-order chi connectivity index (χ1) is 12.7. The molecule has 3 aliphatic rings. The Morgan fingerprint density at radius 1 is 0.692 bits per heavy atom. The van der Waals surface area contributed by atoms with E-state index in [0.717, 1.165) is 0 Å². The van der Waals surface area contributed by atoms with Crippen LogP contribution in [0.25, 0.3) is 0 Å². The molecule has 0 aromatic heterocycles. The topological polar surface area (TPSA) is 86.7 Å². The molecule has 128 valence electrons. The molecule has 0 atom stereocenters. The van der Waals surface area contributed by atoms with E-state index in [0.29, 0.717) is 46.0 Å². The first kappa shape index (κ1) is 15.0. The van der Waals surface area contributed by atoms with Crippen LogP contribution in [0, 0.1) is 0 Å². The van der Waals surface area contributed by atoms with Gasteiger partial charge in [0.05, 0.1) is 23.0 Å². The summed E-state index contributed by atoms with van der Waals surface area (Å²) in [5.41, 5.74) is 2.53. The molecular formula is C20H12O6. The predicted molar refractivity (Wildman–Crippen MR) is 87.5 cm³/mol. The maximum absolute atomic E-state index is 12.4. The molecule has 2 aromatic rings. The highest BCUT2D eigenvalue weighted by atomic mass is 16.6. The first-order valence-electron chi connectivity index (χ1n) is 8.24. The summed E-state index contributed by atoms with van der Waals surface area (Å²) in [5, 5.41) is 0. The number of fused-ring (bicyclic) bond motifs is 8. The van der Waals surface area contributed by atoms with E-state index in [1.807, 2.05) is 0 Å². The monoisotopic (exact) mass is 348 g/mol. The van der Waals surface area contributed by atoms with Crippen molar-refractivity contribution >= 4 is 24.5 Å². The van der Waals surface area contributed by atoms with Crippen LogP contribution in [0.15, 0.2) is 36.4 Å². The van der Waals surface area contributed by atoms with E-state index >= 15 is 0 Å². The van der Waals surface area contributed by atoms with E-state index in [1.165, 1.54) is 0 Å². The number of benzene rings is 2. The molecule has 0 bridgehead atoms. The lowest BCUT2D eigenvalue weighted by Crippen LogP contribution is -2.60. The molecule has 0 N–H and O–H groups in total. The van der Waals surface area contributed by atoms with E-state index < -0.39 is 36.0 Å². The summed E-state index contributed by atoms with van der Waals surface area (Å²) in [6, 6.07) is 9.70. The Morgan fingerprint density at radius 3 is 1.50 bits per heavy atom. The van der Waals surface area contributed by atoms with Crippen LogP contribution in [0.4, 0.5) is 0 Å². The Morgan fingerprint density at radius 2 is 1.12 bits per heavy atom. The maximum Gasteiger partial charge on any atom is 0.338 e. The fourth-order valence-electron chi connectivity index (χ4n) is 4.47. The Balaban J connectivity index is 1.70. The van der Waals surface area contributed by atoms with Gasteiger partial charge in [0.2, 0.25) is 0 Å². The van der Waals surface area contributed by atoms with E-state index in [2.05, 4.69) is 0 Å². The molecule has 2 aromatic carbocycles. The molecule has 2 aliphatic heterocycles. The molecule has 0 spiro atoms. The molecule has 2 heterocycles. The van der Waals surface area contributed by atoms with Gasteiger partial charge in [0, 0.05) is 11.1 Å². The lowest BCUT2D eigenvalue weighted by molar-refractivity contribution is -0.109. The summed E-state index contributed by atoms with van der Waals surface area (Å²) >= 11 is 0. The van der Waals surface area contributed by atoms with Gasteiger partial charge in [0.1, 0.15) is 24.8 Å². The highest BCUT2D eigenvalue weighted by Crippen LogP contribution is 2.58. The van der Waals surface area contributed by atoms with Gasteiger partial charge in [-0.25, -0.2) is 9.59 Å². The number of rotatable bonds is 2. The first-order valence-corrected chi connectivity index (χ1v) is 8.24. The quantitative estimate of drug-likeness (QED) is 0.611. The van der Waals surface area contributed by atoms with Crippen LogP contribution in [0.1, 0.15) is 64.4 Å². The molecule has 0 saturated heterocycles. The smallest absolute Gasteiger partial charge is 0.338 e. The van der Waals surface area contributed by atoms with Gasteiger partial charge in [-0.15, -0.1) is 0 Å². The third-order valence-corrected chi connectivity index (χ3v) is 5.54. The van der Waals surface area contributed by atoms with Crippen LogP contribution in [0.5, 0.6) is 0 Å². The highest BCUT2D eigenvalue weighted by Gasteiger charge is 2.62. The van der Waals surface area contributed by atoms with Gasteiger partial charge in [0.15, 0.2) is 0 Å². The van der Waals surface area contributed by atoms with E-state index in [9.17, 15) is 19.2 Å². The van der Waals surface area contributed by atoms with E-state index in [1.54, 1.807) is 36.4 Å². The van der Waals surface area contributed by atoms with Crippen molar-refractivity contribution in [3.8, 4) is 0 Å². The van der Waals surface area contributed by atoms with Gasteiger partial charge < -0.3 is 9.47 Å². The molecular weight excluding hydrogens is 336 g/mol. The zero-order valence-electron chi connectivity index (χ0n) is 13.4. The number of esters is 2. The van der Waals surface area contributed by atoms with Crippen molar-refractivity contribution in [3.63, 3.8) is 0 Å². The summed E-state index contributed by atoms with van der Waals surface area (Å²) < 4.78 is 11.2. The molecule has 0 amide bonds. The maximum atomic E-state index is 12.4. The second-order valence-electron chi connectivity index (χ2n) is 6.64. The minimum atomic E-state index is -0.575. The average molecular weight is 348 g/mol. The Kier molecular flexibility index (Phi) is 2.95. The second-order valence-corrected chi connectivity index (χ2v) is 6.64. The summed E-state index contributed by atoms with van der Waals surface area (Å²) in [6.07, 6.45) is 0.234. The van der Waals surface area contributed by atoms with Crippen LogP contribution in [-0.4, -0.2) is 36.7 Å². The number of carbonyl (C=O) groups is 4. The Labute approximate surface area is 147 Å². The number of hydrogen-bond acceptors (Lipinski definition) is 6. The molecule has 1 saturated carbocycles. The zero-order chi connectivity index (χ0) is 18.0. The van der Waals surface area contributed by atoms with Crippen LogP contribution in [0.2, 0.25) is 0 Å². The Hall–Kier alpha value is -3.28. The van der Waals surface area contributed by atoms with Gasteiger partial charge in [-0.2, -0.15) is 0 Å². The summed E-state index contributed by atoms with van der Waals surface area (Å²) in [7, 11) is 0. The third kappa shape index (κ3) is 1.71. The van der Waals surface area contributed by atoms with Crippen LogP contribution in [0.3, 0.4) is 0 Å². The summed E-state index contributed by atoms with van der Waals surface area (Å²) in [4.78, 5) is 47.8. The van der Waals surface area contributed by atoms with Crippen molar-refractivity contribution in [3.05, 3.63) is 69.8 Å². The van der Waals surface area contributed by atoms with Crippen molar-refractivity contribution in [2.75, 3.05) is 0 Å². The van der Waals surface area contributed by atoms with Crippen LogP contribution < -0.4 is 0 Å². The fraction of sp³-hybridized carbons (Fsp3) is 0.200. The Bertz CT molecular complexity index is 918. The summed E-state index contributed by atoms with van der Waals surface area (Å²) in [5.74, 6) is -1.84. The zero-order valence-corrected chi connectivity index (χ0v) is 13.4. The number of carbonyl (C=O) groups excluding carboxylic acids is 4. The average Bonchev–Trinajstić information content (AvgIpc) is 2.66. The standard InChI is InChI=1S/C20H12O6/c21-7-9-3-1-5-11-13(9)15-17(25-19(11)23)16-14-10(8-22)4-2-6-12(14)20(24)26-18(15)16/h1-8,15-18H. The third-order valence-electron chi connectivity index (χ3n) is 5.54. The SMILES string of the molecule is O=Cc1cccc2c1C1C(OC2=O)C2c3c(C=O)cccc3C(=O)OC12. The lowest BCUT2D eigenvalue weighted by Gasteiger charge is -2.55. The van der Waals surface area contributed by atoms with Crippen LogP contribution >= 0.6 is 0 Å². The number of hydrogen-bond donors (Lipinski definition) is 0. The molecule has 1 aliphatic carbocycles. The number of ether oxygens (including phenoxy) is 2. The second kappa shape index (κ2) is 5.11. The van der Waals surface area contributed by atoms with Gasteiger partial charge in [0.25, 0.3) is 0 Å². The van der Waals surface area contributed by atoms with Crippen molar-refractivity contribution in [2.45, 2.75) is 24.0 Å². The van der Waals surface area contributed by atoms with Crippen molar-refractivity contribution in [2.24, 2.45) is 0 Å². The van der Waals surface area contributed by atoms with Gasteiger partial charge in [-0.05, 0) is 23.3 Å². The normalized spacial score (nSPS) is 27.5. The van der Waals surface area contributed by atoms with Gasteiger partial charge >= 0.3 is 11.9 Å². The van der Waals surface area contributed by atoms with Crippen LogP contribution in [-0.2, 0) is 9.47 Å². The highest BCUT2D eigenvalue weighted by molar-refractivity contribution is 5.99. The lowest BCUT2D eigenvalue weighted by atomic mass is 9.58. The largest absolute Gasteiger partial charge is 0.457 e. The predicted octanol–water partition coefficient (Wildman–Crippen LogP) is 2.27. The van der Waals surface area contributed by atoms with Crippen molar-refractivity contribution < 1.29 is 28.7 Å². The number of aldehydes is 2. The molecule has 1 fully saturated rings. The fourth-order valence-corrected chi connectivity index (χ4v) is 4.47. The van der Waals surface area contributed by atoms with Gasteiger partial charge in [-0.1, -0.05) is 24.3 Å². The molecule has 6 nitrogen and oxygen atoms in total. The van der Waals surface area contributed by atoms with Gasteiger partial charge in [-0.3, -0.25) is 9.59 Å². The molecule has 0 unspecified atom stereocenters. The molecule has 26 heavy (non-hydrogen) atoms. The van der Waals surface area contributed by atoms with Crippen molar-refractivity contribution in [1.29, 1.82) is 0 Å². The van der Waals surface area contributed by atoms with E-state index in [4.69, 9.17) is 9.47 Å². The summed E-state index contributed by atoms with van der Waals surface area (Å²) in [6.45, 7) is 0. The molecule has 6 heteroatoms.